The third-order valence-corrected chi connectivity index (χ3v) is 3.55. The van der Waals surface area contributed by atoms with E-state index >= 15 is 0 Å². The molecule has 2 aromatic rings. The van der Waals surface area contributed by atoms with Gasteiger partial charge in [0.25, 0.3) is 0 Å². The monoisotopic (exact) mass is 263 g/mol. The minimum Gasteiger partial charge on any atom is -0.390 e. The highest BCUT2D eigenvalue weighted by atomic mass is 35.5. The second-order valence-electron chi connectivity index (χ2n) is 4.30. The maximum atomic E-state index is 9.39. The van der Waals surface area contributed by atoms with E-state index in [0.29, 0.717) is 5.02 Å². The summed E-state index contributed by atoms with van der Waals surface area (Å²) in [4.78, 5) is 4.53. The first-order chi connectivity index (χ1) is 8.81. The smallest absolute Gasteiger partial charge is 0.142 e. The Labute approximate surface area is 110 Å². The molecule has 5 heteroatoms. The van der Waals surface area contributed by atoms with E-state index in [1.807, 2.05) is 24.3 Å². The van der Waals surface area contributed by atoms with E-state index in [1.54, 1.807) is 0 Å². The zero-order valence-electron chi connectivity index (χ0n) is 9.86. The maximum absolute atomic E-state index is 9.39. The summed E-state index contributed by atoms with van der Waals surface area (Å²) in [6.45, 7) is 2.46. The van der Waals surface area contributed by atoms with Gasteiger partial charge in [-0.25, -0.2) is 4.98 Å². The second kappa shape index (κ2) is 4.72. The molecule has 0 atom stereocenters. The molecule has 1 aliphatic heterocycles. The molecule has 1 aliphatic rings. The number of aliphatic hydroxyl groups excluding tert-OH is 1. The average Bonchev–Trinajstić information content (AvgIpc) is 2.78. The average molecular weight is 264 g/mol. The van der Waals surface area contributed by atoms with Crippen LogP contribution in [0.25, 0.3) is 11.4 Å². The molecular formula is C13H14ClN3O. The van der Waals surface area contributed by atoms with Crippen LogP contribution in [0.3, 0.4) is 0 Å². The molecule has 94 valence electrons. The lowest BCUT2D eigenvalue weighted by atomic mass is 10.2. The third-order valence-electron chi connectivity index (χ3n) is 3.22. The van der Waals surface area contributed by atoms with E-state index in [2.05, 4.69) is 14.9 Å². The number of aliphatic hydroxyl groups is 1. The summed E-state index contributed by atoms with van der Waals surface area (Å²) in [7, 11) is 0. The van der Waals surface area contributed by atoms with Crippen LogP contribution in [0.1, 0.15) is 11.4 Å². The van der Waals surface area contributed by atoms with Crippen molar-refractivity contribution in [2.24, 2.45) is 0 Å². The number of benzene rings is 1. The summed E-state index contributed by atoms with van der Waals surface area (Å²) < 4.78 is 2.14. The van der Waals surface area contributed by atoms with Crippen molar-refractivity contribution in [1.29, 1.82) is 0 Å². The first kappa shape index (κ1) is 11.7. The number of hydrogen-bond acceptors (Lipinski definition) is 3. The molecule has 0 saturated heterocycles. The molecule has 0 bridgehead atoms. The standard InChI is InChI=1S/C13H14ClN3O/c14-10-4-2-1-3-9(10)13-16-11(8-18)12-7-15-5-6-17(12)13/h1-4,15,18H,5-8H2. The van der Waals surface area contributed by atoms with E-state index in [-0.39, 0.29) is 6.61 Å². The van der Waals surface area contributed by atoms with Crippen molar-refractivity contribution in [2.45, 2.75) is 19.7 Å². The van der Waals surface area contributed by atoms with E-state index in [0.717, 1.165) is 42.4 Å². The van der Waals surface area contributed by atoms with Crippen molar-refractivity contribution >= 4 is 11.6 Å². The molecule has 0 fully saturated rings. The number of nitrogens with zero attached hydrogens (tertiary/aromatic N) is 2. The zero-order chi connectivity index (χ0) is 12.5. The van der Waals surface area contributed by atoms with Crippen molar-refractivity contribution in [3.8, 4) is 11.4 Å². The van der Waals surface area contributed by atoms with Crippen LogP contribution in [0.4, 0.5) is 0 Å². The molecule has 1 aromatic carbocycles. The van der Waals surface area contributed by atoms with Crippen LogP contribution in [0.5, 0.6) is 0 Å². The van der Waals surface area contributed by atoms with Gasteiger partial charge in [-0.2, -0.15) is 0 Å². The second-order valence-corrected chi connectivity index (χ2v) is 4.70. The molecule has 0 aliphatic carbocycles. The van der Waals surface area contributed by atoms with Gasteiger partial charge in [0.2, 0.25) is 0 Å². The van der Waals surface area contributed by atoms with Crippen molar-refractivity contribution < 1.29 is 5.11 Å². The van der Waals surface area contributed by atoms with Crippen LogP contribution in [0, 0.1) is 0 Å². The van der Waals surface area contributed by atoms with Crippen molar-refractivity contribution in [3.63, 3.8) is 0 Å². The van der Waals surface area contributed by atoms with Gasteiger partial charge in [-0.1, -0.05) is 23.7 Å². The maximum Gasteiger partial charge on any atom is 0.142 e. The van der Waals surface area contributed by atoms with E-state index < -0.39 is 0 Å². The lowest BCUT2D eigenvalue weighted by Crippen LogP contribution is -2.28. The number of imidazole rings is 1. The summed E-state index contributed by atoms with van der Waals surface area (Å²) in [6.07, 6.45) is 0. The van der Waals surface area contributed by atoms with Gasteiger partial charge in [-0.05, 0) is 12.1 Å². The van der Waals surface area contributed by atoms with Crippen molar-refractivity contribution in [1.82, 2.24) is 14.9 Å². The quantitative estimate of drug-likeness (QED) is 0.869. The Hall–Kier alpha value is -1.36. The van der Waals surface area contributed by atoms with Crippen molar-refractivity contribution in [2.75, 3.05) is 6.54 Å². The Morgan fingerprint density at radius 1 is 1.39 bits per heavy atom. The van der Waals surface area contributed by atoms with Crippen LogP contribution in [-0.4, -0.2) is 21.2 Å². The Morgan fingerprint density at radius 2 is 2.22 bits per heavy atom. The van der Waals surface area contributed by atoms with Gasteiger partial charge in [-0.3, -0.25) is 0 Å². The fourth-order valence-electron chi connectivity index (χ4n) is 2.35. The fraction of sp³-hybridized carbons (Fsp3) is 0.308. The van der Waals surface area contributed by atoms with Gasteiger partial charge >= 0.3 is 0 Å². The number of rotatable bonds is 2. The van der Waals surface area contributed by atoms with Gasteiger partial charge in [-0.15, -0.1) is 0 Å². The van der Waals surface area contributed by atoms with Gasteiger partial charge < -0.3 is 15.0 Å². The largest absolute Gasteiger partial charge is 0.390 e. The van der Waals surface area contributed by atoms with Gasteiger partial charge in [0.1, 0.15) is 5.82 Å². The highest BCUT2D eigenvalue weighted by Crippen LogP contribution is 2.29. The third kappa shape index (κ3) is 1.82. The lowest BCUT2D eigenvalue weighted by molar-refractivity contribution is 0.275. The Balaban J connectivity index is 2.18. The molecule has 18 heavy (non-hydrogen) atoms. The summed E-state index contributed by atoms with van der Waals surface area (Å²) in [6, 6.07) is 7.67. The van der Waals surface area contributed by atoms with Crippen LogP contribution >= 0.6 is 11.6 Å². The molecule has 0 spiro atoms. The zero-order valence-corrected chi connectivity index (χ0v) is 10.6. The minimum absolute atomic E-state index is 0.0402. The highest BCUT2D eigenvalue weighted by Gasteiger charge is 2.21. The summed E-state index contributed by atoms with van der Waals surface area (Å²) in [5.74, 6) is 0.848. The van der Waals surface area contributed by atoms with E-state index in [9.17, 15) is 5.11 Å². The molecule has 2 N–H and O–H groups in total. The van der Waals surface area contributed by atoms with Crippen LogP contribution in [0.2, 0.25) is 5.02 Å². The Morgan fingerprint density at radius 3 is 3.00 bits per heavy atom. The fourth-order valence-corrected chi connectivity index (χ4v) is 2.57. The minimum atomic E-state index is -0.0402. The first-order valence-electron chi connectivity index (χ1n) is 5.96. The molecule has 3 rings (SSSR count). The number of hydrogen-bond donors (Lipinski definition) is 2. The Kier molecular flexibility index (Phi) is 3.07. The van der Waals surface area contributed by atoms with Gasteiger partial charge in [0.15, 0.2) is 0 Å². The summed E-state index contributed by atoms with van der Waals surface area (Å²) in [5, 5.41) is 13.4. The molecule has 2 heterocycles. The van der Waals surface area contributed by atoms with E-state index in [1.165, 1.54) is 0 Å². The predicted octanol–water partition coefficient (Wildman–Crippen LogP) is 1.80. The lowest BCUT2D eigenvalue weighted by Gasteiger charge is -2.18. The number of halogens is 1. The highest BCUT2D eigenvalue weighted by molar-refractivity contribution is 6.33. The molecular weight excluding hydrogens is 250 g/mol. The predicted molar refractivity (Wildman–Crippen MR) is 70.3 cm³/mol. The Bertz CT molecular complexity index is 580. The number of fused-ring (bicyclic) bond motifs is 1. The molecule has 0 amide bonds. The number of nitrogens with one attached hydrogen (secondary N) is 1. The van der Waals surface area contributed by atoms with Crippen LogP contribution in [0.15, 0.2) is 24.3 Å². The van der Waals surface area contributed by atoms with Crippen LogP contribution in [-0.2, 0) is 19.7 Å². The summed E-state index contributed by atoms with van der Waals surface area (Å²) in [5.41, 5.74) is 2.71. The van der Waals surface area contributed by atoms with Crippen LogP contribution < -0.4 is 5.32 Å². The molecule has 1 aromatic heterocycles. The molecule has 0 unspecified atom stereocenters. The molecule has 0 radical (unpaired) electrons. The SMILES string of the molecule is OCc1nc(-c2ccccc2Cl)n2c1CNCC2. The molecule has 0 saturated carbocycles. The van der Waals surface area contributed by atoms with Crippen molar-refractivity contribution in [3.05, 3.63) is 40.7 Å². The topological polar surface area (TPSA) is 50.1 Å². The van der Waals surface area contributed by atoms with E-state index in [4.69, 9.17) is 11.6 Å². The summed E-state index contributed by atoms with van der Waals surface area (Å²) >= 11 is 6.22. The number of aromatic nitrogens is 2. The van der Waals surface area contributed by atoms with Gasteiger partial charge in [0, 0.05) is 25.2 Å². The molecule has 4 nitrogen and oxygen atoms in total. The van der Waals surface area contributed by atoms with Gasteiger partial charge in [0.05, 0.1) is 23.0 Å². The normalized spacial score (nSPS) is 14.6. The first-order valence-corrected chi connectivity index (χ1v) is 6.34.